The number of likely N-dealkylation sites (tertiary alicyclic amines) is 1. The maximum absolute atomic E-state index is 12.7. The molecule has 1 aromatic rings. The molecule has 0 radical (unpaired) electrons. The summed E-state index contributed by atoms with van der Waals surface area (Å²) in [5.41, 5.74) is 0.588. The number of amides is 2. The van der Waals surface area contributed by atoms with Crippen molar-refractivity contribution in [2.75, 3.05) is 6.54 Å². The molecule has 0 unspecified atom stereocenters. The van der Waals surface area contributed by atoms with Crippen LogP contribution < -0.4 is 5.32 Å². The van der Waals surface area contributed by atoms with E-state index >= 15 is 0 Å². The molecular weight excluding hydrogens is 272 g/mol. The van der Waals surface area contributed by atoms with Crippen molar-refractivity contribution in [3.63, 3.8) is 0 Å². The van der Waals surface area contributed by atoms with E-state index in [2.05, 4.69) is 12.2 Å². The molecule has 2 fully saturated rings. The van der Waals surface area contributed by atoms with E-state index in [-0.39, 0.29) is 23.4 Å². The Bertz CT molecular complexity index is 514. The maximum atomic E-state index is 12.7. The van der Waals surface area contributed by atoms with Crippen molar-refractivity contribution in [3.05, 3.63) is 22.4 Å². The highest BCUT2D eigenvalue weighted by Crippen LogP contribution is 2.37. The summed E-state index contributed by atoms with van der Waals surface area (Å²) in [5.74, 6) is 0.242. The molecule has 0 aromatic carbocycles. The lowest BCUT2D eigenvalue weighted by Crippen LogP contribution is -2.63. The second-order valence-corrected chi connectivity index (χ2v) is 6.52. The van der Waals surface area contributed by atoms with Crippen LogP contribution in [0.15, 0.2) is 16.8 Å². The summed E-state index contributed by atoms with van der Waals surface area (Å²) in [6.07, 6.45) is 4.29. The van der Waals surface area contributed by atoms with E-state index in [4.69, 9.17) is 0 Å². The van der Waals surface area contributed by atoms with Crippen molar-refractivity contribution in [1.82, 2.24) is 10.2 Å². The van der Waals surface area contributed by atoms with Gasteiger partial charge in [0.05, 0.1) is 17.1 Å². The fraction of sp³-hybridized carbons (Fsp3) is 0.600. The highest BCUT2D eigenvalue weighted by atomic mass is 32.1. The third-order valence-electron chi connectivity index (χ3n) is 4.64. The van der Waals surface area contributed by atoms with Gasteiger partial charge < -0.3 is 10.2 Å². The van der Waals surface area contributed by atoms with Crippen molar-refractivity contribution < 1.29 is 9.59 Å². The Balaban J connectivity index is 1.87. The zero-order valence-electron chi connectivity index (χ0n) is 11.7. The van der Waals surface area contributed by atoms with E-state index in [0.29, 0.717) is 6.42 Å². The topological polar surface area (TPSA) is 49.4 Å². The second kappa shape index (κ2) is 5.20. The molecule has 2 saturated heterocycles. The minimum absolute atomic E-state index is 0.110. The van der Waals surface area contributed by atoms with Crippen molar-refractivity contribution in [3.8, 4) is 0 Å². The molecule has 108 valence electrons. The van der Waals surface area contributed by atoms with E-state index in [9.17, 15) is 9.59 Å². The van der Waals surface area contributed by atoms with Gasteiger partial charge in [-0.15, -0.1) is 0 Å². The van der Waals surface area contributed by atoms with Gasteiger partial charge in [-0.1, -0.05) is 6.92 Å². The van der Waals surface area contributed by atoms with Gasteiger partial charge >= 0.3 is 0 Å². The average Bonchev–Trinajstić information content (AvgIpc) is 3.08. The van der Waals surface area contributed by atoms with Crippen LogP contribution in [0.25, 0.3) is 0 Å². The monoisotopic (exact) mass is 292 g/mol. The van der Waals surface area contributed by atoms with E-state index < -0.39 is 0 Å². The maximum Gasteiger partial charge on any atom is 0.255 e. The van der Waals surface area contributed by atoms with Crippen LogP contribution in [-0.2, 0) is 4.79 Å². The van der Waals surface area contributed by atoms with Gasteiger partial charge in [-0.2, -0.15) is 11.3 Å². The molecule has 0 saturated carbocycles. The summed E-state index contributed by atoms with van der Waals surface area (Å²) in [6.45, 7) is 2.90. The molecule has 0 bridgehead atoms. The first-order valence-electron chi connectivity index (χ1n) is 7.30. The predicted molar refractivity (Wildman–Crippen MR) is 78.8 cm³/mol. The van der Waals surface area contributed by atoms with Crippen LogP contribution in [0.3, 0.4) is 0 Å². The van der Waals surface area contributed by atoms with Gasteiger partial charge in [-0.25, -0.2) is 0 Å². The molecule has 2 amide bonds. The fourth-order valence-electron chi connectivity index (χ4n) is 3.77. The highest BCUT2D eigenvalue weighted by Gasteiger charge is 2.49. The Morgan fingerprint density at radius 1 is 1.55 bits per heavy atom. The lowest BCUT2D eigenvalue weighted by atomic mass is 9.78. The number of piperidine rings is 1. The molecular formula is C15H20N2O2S. The van der Waals surface area contributed by atoms with Crippen LogP contribution in [0.1, 0.15) is 49.4 Å². The number of carbonyl (C=O) groups excluding carboxylic acids is 2. The minimum atomic E-state index is -0.185. The van der Waals surface area contributed by atoms with Gasteiger partial charge in [0.2, 0.25) is 5.91 Å². The van der Waals surface area contributed by atoms with Crippen molar-refractivity contribution >= 4 is 23.2 Å². The summed E-state index contributed by atoms with van der Waals surface area (Å²) in [4.78, 5) is 26.3. The van der Waals surface area contributed by atoms with Crippen LogP contribution in [0.5, 0.6) is 0 Å². The van der Waals surface area contributed by atoms with Crippen molar-refractivity contribution in [2.24, 2.45) is 0 Å². The number of carbonyl (C=O) groups is 2. The van der Waals surface area contributed by atoms with E-state index in [0.717, 1.165) is 37.8 Å². The van der Waals surface area contributed by atoms with Crippen molar-refractivity contribution in [2.45, 2.75) is 50.6 Å². The standard InChI is InChI=1S/C15H20N2O2S/c1-2-12-15(7-4-13(18)16-15)6-3-8-17(12)14(19)11-5-9-20-10-11/h5,9-10,12H,2-4,6-8H2,1H3,(H,16,18)/t12-,15-/m0/s1. The number of nitrogens with one attached hydrogen (secondary N) is 1. The molecule has 20 heavy (non-hydrogen) atoms. The van der Waals surface area contributed by atoms with Gasteiger partial charge in [-0.3, -0.25) is 9.59 Å². The summed E-state index contributed by atoms with van der Waals surface area (Å²) in [7, 11) is 0. The molecule has 1 spiro atoms. The van der Waals surface area contributed by atoms with Crippen LogP contribution in [0.2, 0.25) is 0 Å². The smallest absolute Gasteiger partial charge is 0.255 e. The Kier molecular flexibility index (Phi) is 3.54. The van der Waals surface area contributed by atoms with Gasteiger partial charge in [0.15, 0.2) is 0 Å². The molecule has 4 nitrogen and oxygen atoms in total. The van der Waals surface area contributed by atoms with Gasteiger partial charge in [0.1, 0.15) is 0 Å². The number of nitrogens with zero attached hydrogens (tertiary/aromatic N) is 1. The van der Waals surface area contributed by atoms with E-state index in [1.807, 2.05) is 21.7 Å². The summed E-state index contributed by atoms with van der Waals surface area (Å²) in [6, 6.07) is 2.00. The molecule has 2 aliphatic heterocycles. The molecule has 0 aliphatic carbocycles. The molecule has 3 rings (SSSR count). The fourth-order valence-corrected chi connectivity index (χ4v) is 4.40. The zero-order chi connectivity index (χ0) is 14.2. The lowest BCUT2D eigenvalue weighted by Gasteiger charge is -2.48. The highest BCUT2D eigenvalue weighted by molar-refractivity contribution is 7.08. The van der Waals surface area contributed by atoms with Gasteiger partial charge in [-0.05, 0) is 37.1 Å². The van der Waals surface area contributed by atoms with Crippen LogP contribution in [-0.4, -0.2) is 34.8 Å². The summed E-state index contributed by atoms with van der Waals surface area (Å²) >= 11 is 1.55. The number of hydrogen-bond acceptors (Lipinski definition) is 3. The third-order valence-corrected chi connectivity index (χ3v) is 5.32. The average molecular weight is 292 g/mol. The second-order valence-electron chi connectivity index (χ2n) is 5.74. The molecule has 1 N–H and O–H groups in total. The normalized spacial score (nSPS) is 29.8. The number of rotatable bonds is 2. The van der Waals surface area contributed by atoms with Crippen LogP contribution in [0, 0.1) is 0 Å². The first-order chi connectivity index (χ1) is 9.66. The van der Waals surface area contributed by atoms with Crippen LogP contribution >= 0.6 is 11.3 Å². The van der Waals surface area contributed by atoms with Gasteiger partial charge in [0.25, 0.3) is 5.91 Å². The Morgan fingerprint density at radius 3 is 3.00 bits per heavy atom. The van der Waals surface area contributed by atoms with Crippen molar-refractivity contribution in [1.29, 1.82) is 0 Å². The Hall–Kier alpha value is -1.36. The molecule has 2 aliphatic rings. The quantitative estimate of drug-likeness (QED) is 0.910. The van der Waals surface area contributed by atoms with Crippen LogP contribution in [0.4, 0.5) is 0 Å². The third kappa shape index (κ3) is 2.14. The molecule has 1 aromatic heterocycles. The van der Waals surface area contributed by atoms with Gasteiger partial charge in [0, 0.05) is 18.3 Å². The largest absolute Gasteiger partial charge is 0.349 e. The van der Waals surface area contributed by atoms with E-state index in [1.54, 1.807) is 11.3 Å². The summed E-state index contributed by atoms with van der Waals surface area (Å²) < 4.78 is 0. The Labute approximate surface area is 123 Å². The number of hydrogen-bond donors (Lipinski definition) is 1. The molecule has 5 heteroatoms. The van der Waals surface area contributed by atoms with E-state index in [1.165, 1.54) is 0 Å². The molecule has 2 atom stereocenters. The Morgan fingerprint density at radius 2 is 2.40 bits per heavy atom. The lowest BCUT2D eigenvalue weighted by molar-refractivity contribution is -0.120. The molecule has 3 heterocycles. The zero-order valence-corrected chi connectivity index (χ0v) is 12.5. The first-order valence-corrected chi connectivity index (χ1v) is 8.25. The number of thiophene rings is 1. The summed E-state index contributed by atoms with van der Waals surface area (Å²) in [5, 5.41) is 7.01. The predicted octanol–water partition coefficient (Wildman–Crippen LogP) is 2.41. The first kappa shape index (κ1) is 13.6. The SMILES string of the molecule is CC[C@@H]1N(C(=O)c2ccsc2)CCC[C@]12CCC(=O)N2. The minimum Gasteiger partial charge on any atom is -0.349 e.